The molecule has 0 radical (unpaired) electrons. The van der Waals surface area contributed by atoms with Crippen LogP contribution < -0.4 is 20.5 Å². The Morgan fingerprint density at radius 3 is 2.83 bits per heavy atom. The van der Waals surface area contributed by atoms with Crippen LogP contribution in [0.5, 0.6) is 11.8 Å². The molecule has 4 N–H and O–H groups in total. The van der Waals surface area contributed by atoms with Crippen molar-refractivity contribution < 1.29 is 19.4 Å². The number of nitrogens with one attached hydrogen (secondary N) is 1. The molecule has 0 spiro atoms. The van der Waals surface area contributed by atoms with E-state index in [-0.39, 0.29) is 29.7 Å². The summed E-state index contributed by atoms with van der Waals surface area (Å²) in [6.45, 7) is 5.25. The van der Waals surface area contributed by atoms with Crippen molar-refractivity contribution in [2.45, 2.75) is 64.3 Å². The number of hydrogen-bond acceptors (Lipinski definition) is 9. The SMILES string of the molecule is CCCCOc1nc(N)c2cc(C#N)n(Cc3ccc(CN4CC[C@H](NC(=O)[C@H](O)C5CC5)C4)cc3OC)c2n1. The first kappa shape index (κ1) is 27.7. The van der Waals surface area contributed by atoms with Gasteiger partial charge < -0.3 is 30.2 Å². The van der Waals surface area contributed by atoms with E-state index >= 15 is 0 Å². The number of likely N-dealkylation sites (tertiary alicyclic amines) is 1. The number of nitriles is 1. The Kier molecular flexibility index (Phi) is 8.38. The van der Waals surface area contributed by atoms with Gasteiger partial charge in [-0.3, -0.25) is 9.69 Å². The van der Waals surface area contributed by atoms with Crippen LogP contribution in [0.2, 0.25) is 0 Å². The lowest BCUT2D eigenvalue weighted by Crippen LogP contribution is -2.43. The summed E-state index contributed by atoms with van der Waals surface area (Å²) in [4.78, 5) is 23.4. The predicted octanol–water partition coefficient (Wildman–Crippen LogP) is 2.58. The van der Waals surface area contributed by atoms with E-state index in [1.807, 2.05) is 12.1 Å². The third kappa shape index (κ3) is 6.13. The van der Waals surface area contributed by atoms with Gasteiger partial charge in [0.2, 0.25) is 5.91 Å². The third-order valence-electron chi connectivity index (χ3n) is 7.65. The number of carbonyl (C=O) groups is 1. The number of aromatic nitrogens is 3. The lowest BCUT2D eigenvalue weighted by atomic mass is 10.1. The first-order chi connectivity index (χ1) is 19.4. The molecular weight excluding hydrogens is 510 g/mol. The van der Waals surface area contributed by atoms with Crippen molar-refractivity contribution in [3.8, 4) is 17.8 Å². The van der Waals surface area contributed by atoms with Gasteiger partial charge in [-0.15, -0.1) is 0 Å². The molecule has 40 heavy (non-hydrogen) atoms. The molecule has 1 saturated heterocycles. The molecule has 2 aliphatic rings. The molecule has 2 atom stereocenters. The Labute approximate surface area is 233 Å². The number of nitrogens with zero attached hydrogens (tertiary/aromatic N) is 5. The van der Waals surface area contributed by atoms with E-state index in [1.165, 1.54) is 0 Å². The fourth-order valence-electron chi connectivity index (χ4n) is 5.20. The van der Waals surface area contributed by atoms with E-state index in [2.05, 4.69) is 39.2 Å². The van der Waals surface area contributed by atoms with Crippen molar-refractivity contribution in [1.29, 1.82) is 5.26 Å². The van der Waals surface area contributed by atoms with Crippen LogP contribution in [0, 0.1) is 17.2 Å². The standard InChI is InChI=1S/C29H37N7O4/c1-3-4-11-40-29-33-26(31)23-13-22(14-30)36(27(23)34-29)16-20-6-5-18(12-24(20)39-2)15-35-10-9-21(17-35)32-28(38)25(37)19-7-8-19/h5-6,12-13,19,21,25,37H,3-4,7-11,15-17H2,1-2H3,(H,32,38)(H2,31,33,34)/t21-,25+/m0/s1. The highest BCUT2D eigenvalue weighted by Crippen LogP contribution is 2.33. The van der Waals surface area contributed by atoms with E-state index < -0.39 is 6.10 Å². The number of ether oxygens (including phenoxy) is 2. The molecule has 1 saturated carbocycles. The molecule has 1 aliphatic carbocycles. The maximum atomic E-state index is 12.3. The Morgan fingerprint density at radius 2 is 2.10 bits per heavy atom. The molecule has 3 aromatic rings. The van der Waals surface area contributed by atoms with Gasteiger partial charge in [0.05, 0.1) is 25.6 Å². The predicted molar refractivity (Wildman–Crippen MR) is 150 cm³/mol. The van der Waals surface area contributed by atoms with Gasteiger partial charge in [-0.2, -0.15) is 15.2 Å². The molecule has 1 amide bonds. The number of hydrogen-bond donors (Lipinski definition) is 3. The van der Waals surface area contributed by atoms with Gasteiger partial charge in [0.15, 0.2) is 5.65 Å². The molecule has 0 bridgehead atoms. The van der Waals surface area contributed by atoms with Crippen LogP contribution in [0.25, 0.3) is 11.0 Å². The van der Waals surface area contributed by atoms with Crippen molar-refractivity contribution in [2.24, 2.45) is 5.92 Å². The average molecular weight is 548 g/mol. The van der Waals surface area contributed by atoms with Gasteiger partial charge in [0.1, 0.15) is 29.4 Å². The number of benzene rings is 1. The second kappa shape index (κ2) is 12.1. The molecule has 1 aromatic carbocycles. The second-order valence-electron chi connectivity index (χ2n) is 10.7. The summed E-state index contributed by atoms with van der Waals surface area (Å²) in [5.74, 6) is 0.863. The van der Waals surface area contributed by atoms with Crippen molar-refractivity contribution >= 4 is 22.8 Å². The van der Waals surface area contributed by atoms with E-state index in [1.54, 1.807) is 17.7 Å². The molecule has 2 fully saturated rings. The molecule has 1 aliphatic heterocycles. The highest BCUT2D eigenvalue weighted by atomic mass is 16.5. The maximum Gasteiger partial charge on any atom is 0.320 e. The summed E-state index contributed by atoms with van der Waals surface area (Å²) >= 11 is 0. The molecule has 2 aromatic heterocycles. The number of anilines is 1. The molecule has 212 valence electrons. The normalized spacial score (nSPS) is 18.0. The quantitative estimate of drug-likeness (QED) is 0.291. The fraction of sp³-hybridized carbons (Fsp3) is 0.517. The van der Waals surface area contributed by atoms with Crippen molar-refractivity contribution in [3.63, 3.8) is 0 Å². The third-order valence-corrected chi connectivity index (χ3v) is 7.65. The number of nitrogen functional groups attached to an aromatic ring is 1. The number of methoxy groups -OCH3 is 1. The Balaban J connectivity index is 1.29. The first-order valence-corrected chi connectivity index (χ1v) is 14.0. The van der Waals surface area contributed by atoms with Crippen LogP contribution in [-0.4, -0.2) is 69.4 Å². The van der Waals surface area contributed by atoms with Crippen LogP contribution in [0.1, 0.15) is 55.8 Å². The zero-order chi connectivity index (χ0) is 28.2. The monoisotopic (exact) mass is 547 g/mol. The topological polar surface area (TPSA) is 152 Å². The molecule has 11 nitrogen and oxygen atoms in total. The lowest BCUT2D eigenvalue weighted by molar-refractivity contribution is -0.131. The molecule has 3 heterocycles. The van der Waals surface area contributed by atoms with Crippen molar-refractivity contribution in [3.05, 3.63) is 41.1 Å². The number of fused-ring (bicyclic) bond motifs is 1. The molecule has 0 unspecified atom stereocenters. The summed E-state index contributed by atoms with van der Waals surface area (Å²) < 4.78 is 13.2. The smallest absolute Gasteiger partial charge is 0.320 e. The number of aliphatic hydroxyl groups is 1. The number of amides is 1. The number of aliphatic hydroxyl groups excluding tert-OH is 1. The van der Waals surface area contributed by atoms with Gasteiger partial charge in [-0.05, 0) is 49.3 Å². The van der Waals surface area contributed by atoms with Gasteiger partial charge in [0.25, 0.3) is 0 Å². The van der Waals surface area contributed by atoms with E-state index in [0.29, 0.717) is 42.2 Å². The highest BCUT2D eigenvalue weighted by molar-refractivity contribution is 5.88. The Bertz CT molecular complexity index is 1410. The Hall–Kier alpha value is -3.88. The summed E-state index contributed by atoms with van der Waals surface area (Å²) in [6.07, 6.45) is 3.70. The highest BCUT2D eigenvalue weighted by Gasteiger charge is 2.36. The minimum atomic E-state index is -0.882. The number of nitrogens with two attached hydrogens (primary N) is 1. The van der Waals surface area contributed by atoms with Crippen LogP contribution in [0.15, 0.2) is 24.3 Å². The van der Waals surface area contributed by atoms with Crippen LogP contribution >= 0.6 is 0 Å². The number of carbonyl (C=O) groups excluding carboxylic acids is 1. The van der Waals surface area contributed by atoms with Crippen LogP contribution in [-0.2, 0) is 17.9 Å². The minimum Gasteiger partial charge on any atom is -0.496 e. The number of unbranched alkanes of at least 4 members (excludes halogenated alkanes) is 1. The van der Waals surface area contributed by atoms with Gasteiger partial charge >= 0.3 is 6.01 Å². The van der Waals surface area contributed by atoms with Gasteiger partial charge in [-0.25, -0.2) is 0 Å². The number of rotatable bonds is 12. The van der Waals surface area contributed by atoms with Crippen LogP contribution in [0.3, 0.4) is 0 Å². The first-order valence-electron chi connectivity index (χ1n) is 14.0. The zero-order valence-electron chi connectivity index (χ0n) is 23.1. The average Bonchev–Trinajstić information content (AvgIpc) is 3.62. The summed E-state index contributed by atoms with van der Waals surface area (Å²) in [6, 6.07) is 10.3. The lowest BCUT2D eigenvalue weighted by Gasteiger charge is -2.19. The van der Waals surface area contributed by atoms with Crippen molar-refractivity contribution in [2.75, 3.05) is 32.5 Å². The van der Waals surface area contributed by atoms with Crippen LogP contribution in [0.4, 0.5) is 5.82 Å². The van der Waals surface area contributed by atoms with E-state index in [0.717, 1.165) is 56.3 Å². The Morgan fingerprint density at radius 1 is 1.27 bits per heavy atom. The second-order valence-corrected chi connectivity index (χ2v) is 10.7. The largest absolute Gasteiger partial charge is 0.496 e. The zero-order valence-corrected chi connectivity index (χ0v) is 23.1. The van der Waals surface area contributed by atoms with Gasteiger partial charge in [-0.1, -0.05) is 25.5 Å². The minimum absolute atomic E-state index is 0.0405. The summed E-state index contributed by atoms with van der Waals surface area (Å²) in [5.41, 5.74) is 9.13. The van der Waals surface area contributed by atoms with E-state index in [4.69, 9.17) is 15.2 Å². The fourth-order valence-corrected chi connectivity index (χ4v) is 5.20. The maximum absolute atomic E-state index is 12.3. The summed E-state index contributed by atoms with van der Waals surface area (Å²) in [5, 5.41) is 23.5. The molecular formula is C29H37N7O4. The molecule has 5 rings (SSSR count). The van der Waals surface area contributed by atoms with E-state index in [9.17, 15) is 15.2 Å². The summed E-state index contributed by atoms with van der Waals surface area (Å²) in [7, 11) is 1.63. The van der Waals surface area contributed by atoms with Crippen molar-refractivity contribution in [1.82, 2.24) is 24.8 Å². The molecule has 11 heteroatoms. The van der Waals surface area contributed by atoms with Gasteiger partial charge in [0, 0.05) is 31.2 Å².